The molecule has 0 fully saturated rings. The molecule has 0 bridgehead atoms. The van der Waals surface area contributed by atoms with E-state index in [1.165, 1.54) is 12.1 Å². The van der Waals surface area contributed by atoms with E-state index in [-0.39, 0.29) is 11.7 Å². The topological polar surface area (TPSA) is 42.2 Å². The Balaban J connectivity index is 2.25. The molecule has 1 N–H and O–H groups in total. The van der Waals surface area contributed by atoms with Crippen molar-refractivity contribution >= 4 is 5.91 Å². The van der Waals surface area contributed by atoms with Crippen molar-refractivity contribution < 1.29 is 13.6 Å². The molecule has 2 rings (SSSR count). The van der Waals surface area contributed by atoms with E-state index in [1.807, 2.05) is 6.92 Å². The second-order valence-corrected chi connectivity index (χ2v) is 4.34. The van der Waals surface area contributed by atoms with Gasteiger partial charge in [-0.2, -0.15) is 0 Å². The van der Waals surface area contributed by atoms with E-state index in [0.29, 0.717) is 23.6 Å². The molecule has 0 spiro atoms. The van der Waals surface area contributed by atoms with Gasteiger partial charge in [0, 0.05) is 12.1 Å². The third kappa shape index (κ3) is 3.02. The van der Waals surface area contributed by atoms with Crippen LogP contribution in [-0.2, 0) is 0 Å². The van der Waals surface area contributed by atoms with Gasteiger partial charge in [-0.25, -0.2) is 4.39 Å². The molecule has 1 aromatic carbocycles. The highest BCUT2D eigenvalue weighted by Gasteiger charge is 2.15. The number of carbonyl (C=O) groups excluding carboxylic acids is 1. The summed E-state index contributed by atoms with van der Waals surface area (Å²) in [6, 6.07) is 7.67. The summed E-state index contributed by atoms with van der Waals surface area (Å²) in [6.45, 7) is 4.37. The second kappa shape index (κ2) is 5.69. The second-order valence-electron chi connectivity index (χ2n) is 4.34. The van der Waals surface area contributed by atoms with Gasteiger partial charge in [-0.1, -0.05) is 6.92 Å². The summed E-state index contributed by atoms with van der Waals surface area (Å²) < 4.78 is 18.4. The van der Waals surface area contributed by atoms with E-state index in [4.69, 9.17) is 4.42 Å². The van der Waals surface area contributed by atoms with E-state index in [2.05, 4.69) is 5.32 Å². The Bertz CT molecular complexity index is 572. The number of carbonyl (C=O) groups is 1. The van der Waals surface area contributed by atoms with Crippen molar-refractivity contribution in [2.75, 3.05) is 6.54 Å². The first-order valence-electron chi connectivity index (χ1n) is 6.26. The van der Waals surface area contributed by atoms with E-state index in [9.17, 15) is 9.18 Å². The van der Waals surface area contributed by atoms with Gasteiger partial charge in [-0.05, 0) is 43.7 Å². The zero-order valence-electron chi connectivity index (χ0n) is 11.0. The molecule has 0 saturated carbocycles. The Morgan fingerprint density at radius 1 is 1.32 bits per heavy atom. The zero-order chi connectivity index (χ0) is 13.8. The number of furan rings is 1. The van der Waals surface area contributed by atoms with Crippen molar-refractivity contribution in [1.82, 2.24) is 5.32 Å². The number of hydrogen-bond acceptors (Lipinski definition) is 2. The number of hydrogen-bond donors (Lipinski definition) is 1. The van der Waals surface area contributed by atoms with Crippen LogP contribution in [0.15, 0.2) is 34.7 Å². The molecule has 1 amide bonds. The van der Waals surface area contributed by atoms with Crippen LogP contribution in [0, 0.1) is 12.7 Å². The van der Waals surface area contributed by atoms with Crippen LogP contribution in [0.5, 0.6) is 0 Å². The normalized spacial score (nSPS) is 10.5. The molecule has 0 radical (unpaired) electrons. The Kier molecular flexibility index (Phi) is 4.00. The lowest BCUT2D eigenvalue weighted by Gasteiger charge is -2.00. The predicted octanol–water partition coefficient (Wildman–Crippen LogP) is 3.53. The Morgan fingerprint density at radius 2 is 2.00 bits per heavy atom. The molecular formula is C15H16FNO2. The molecule has 4 heteroatoms. The number of rotatable bonds is 4. The summed E-state index contributed by atoms with van der Waals surface area (Å²) in [5.74, 6) is 0.691. The predicted molar refractivity (Wildman–Crippen MR) is 71.5 cm³/mol. The summed E-state index contributed by atoms with van der Waals surface area (Å²) >= 11 is 0. The minimum Gasteiger partial charge on any atom is -0.461 e. The van der Waals surface area contributed by atoms with E-state index >= 15 is 0 Å². The number of halogens is 1. The first-order valence-corrected chi connectivity index (χ1v) is 6.26. The highest BCUT2D eigenvalue weighted by Crippen LogP contribution is 2.25. The molecule has 0 aliphatic carbocycles. The maximum absolute atomic E-state index is 12.9. The maximum Gasteiger partial charge on any atom is 0.254 e. The highest BCUT2D eigenvalue weighted by atomic mass is 19.1. The average molecular weight is 261 g/mol. The van der Waals surface area contributed by atoms with Crippen LogP contribution in [0.2, 0.25) is 0 Å². The van der Waals surface area contributed by atoms with E-state index < -0.39 is 0 Å². The van der Waals surface area contributed by atoms with Gasteiger partial charge in [0.2, 0.25) is 0 Å². The van der Waals surface area contributed by atoms with Crippen molar-refractivity contribution in [3.8, 4) is 11.3 Å². The first-order chi connectivity index (χ1) is 9.11. The third-order valence-corrected chi connectivity index (χ3v) is 2.83. The van der Waals surface area contributed by atoms with Crippen LogP contribution in [0.1, 0.15) is 29.5 Å². The maximum atomic E-state index is 12.9. The van der Waals surface area contributed by atoms with Crippen LogP contribution in [0.3, 0.4) is 0 Å². The van der Waals surface area contributed by atoms with Crippen molar-refractivity contribution in [2.45, 2.75) is 20.3 Å². The van der Waals surface area contributed by atoms with Crippen LogP contribution < -0.4 is 5.32 Å². The van der Waals surface area contributed by atoms with Gasteiger partial charge in [0.15, 0.2) is 0 Å². The van der Waals surface area contributed by atoms with Gasteiger partial charge >= 0.3 is 0 Å². The summed E-state index contributed by atoms with van der Waals surface area (Å²) in [7, 11) is 0. The molecule has 0 saturated heterocycles. The van der Waals surface area contributed by atoms with Crippen molar-refractivity contribution in [3.05, 3.63) is 47.5 Å². The van der Waals surface area contributed by atoms with Crippen LogP contribution in [0.25, 0.3) is 11.3 Å². The fourth-order valence-corrected chi connectivity index (χ4v) is 1.80. The SMILES string of the molecule is CCCNC(=O)c1cc(-c2ccc(F)cc2)oc1C. The first kappa shape index (κ1) is 13.3. The minimum atomic E-state index is -0.298. The van der Waals surface area contributed by atoms with Gasteiger partial charge in [0.25, 0.3) is 5.91 Å². The van der Waals surface area contributed by atoms with E-state index in [0.717, 1.165) is 12.0 Å². The van der Waals surface area contributed by atoms with Gasteiger partial charge in [-0.15, -0.1) is 0 Å². The average Bonchev–Trinajstić information content (AvgIpc) is 2.79. The molecule has 0 atom stereocenters. The fourth-order valence-electron chi connectivity index (χ4n) is 1.80. The number of nitrogens with one attached hydrogen (secondary N) is 1. The summed E-state index contributed by atoms with van der Waals surface area (Å²) in [6.07, 6.45) is 0.882. The fraction of sp³-hybridized carbons (Fsp3) is 0.267. The van der Waals surface area contributed by atoms with E-state index in [1.54, 1.807) is 25.1 Å². The van der Waals surface area contributed by atoms with Crippen LogP contribution in [0.4, 0.5) is 4.39 Å². The molecule has 100 valence electrons. The molecule has 2 aromatic rings. The molecule has 0 unspecified atom stereocenters. The quantitative estimate of drug-likeness (QED) is 0.914. The number of amides is 1. The number of aryl methyl sites for hydroxylation is 1. The van der Waals surface area contributed by atoms with Gasteiger partial charge in [-0.3, -0.25) is 4.79 Å². The van der Waals surface area contributed by atoms with Crippen LogP contribution in [-0.4, -0.2) is 12.5 Å². The minimum absolute atomic E-state index is 0.142. The lowest BCUT2D eigenvalue weighted by atomic mass is 10.1. The monoisotopic (exact) mass is 261 g/mol. The standard InChI is InChI=1S/C15H16FNO2/c1-3-8-17-15(18)13-9-14(19-10(13)2)11-4-6-12(16)7-5-11/h4-7,9H,3,8H2,1-2H3,(H,17,18). The molecular weight excluding hydrogens is 245 g/mol. The Morgan fingerprint density at radius 3 is 2.63 bits per heavy atom. The highest BCUT2D eigenvalue weighted by molar-refractivity contribution is 5.96. The number of benzene rings is 1. The van der Waals surface area contributed by atoms with Crippen molar-refractivity contribution in [2.24, 2.45) is 0 Å². The molecule has 1 aromatic heterocycles. The lowest BCUT2D eigenvalue weighted by molar-refractivity contribution is 0.0952. The van der Waals surface area contributed by atoms with Crippen molar-refractivity contribution in [1.29, 1.82) is 0 Å². The van der Waals surface area contributed by atoms with Crippen molar-refractivity contribution in [3.63, 3.8) is 0 Å². The van der Waals surface area contributed by atoms with Gasteiger partial charge in [0.05, 0.1) is 5.56 Å². The van der Waals surface area contributed by atoms with Crippen LogP contribution >= 0.6 is 0 Å². The molecule has 19 heavy (non-hydrogen) atoms. The lowest BCUT2D eigenvalue weighted by Crippen LogP contribution is -2.24. The zero-order valence-corrected chi connectivity index (χ0v) is 11.0. The molecule has 1 heterocycles. The Hall–Kier alpha value is -2.10. The third-order valence-electron chi connectivity index (χ3n) is 2.83. The summed E-state index contributed by atoms with van der Waals surface area (Å²) in [5, 5.41) is 2.80. The molecule has 0 aliphatic rings. The van der Waals surface area contributed by atoms with Gasteiger partial charge < -0.3 is 9.73 Å². The summed E-state index contributed by atoms with van der Waals surface area (Å²) in [5.41, 5.74) is 1.27. The van der Waals surface area contributed by atoms with Gasteiger partial charge in [0.1, 0.15) is 17.3 Å². The molecule has 3 nitrogen and oxygen atoms in total. The Labute approximate surface area is 111 Å². The largest absolute Gasteiger partial charge is 0.461 e. The molecule has 0 aliphatic heterocycles. The summed E-state index contributed by atoms with van der Waals surface area (Å²) in [4.78, 5) is 11.9. The smallest absolute Gasteiger partial charge is 0.254 e.